The molecule has 4 nitrogen and oxygen atoms in total. The van der Waals surface area contributed by atoms with Gasteiger partial charge >= 0.3 is 6.09 Å². The SMILES string of the molecule is CCOC(=O)N1CCC(NCC(C)C(C)(C)C)CC1. The van der Waals surface area contributed by atoms with Crippen molar-refractivity contribution in [1.29, 1.82) is 0 Å². The maximum absolute atomic E-state index is 11.6. The highest BCUT2D eigenvalue weighted by atomic mass is 16.6. The summed E-state index contributed by atoms with van der Waals surface area (Å²) in [5.74, 6) is 0.649. The molecule has 0 spiro atoms. The van der Waals surface area contributed by atoms with Gasteiger partial charge in [0.2, 0.25) is 0 Å². The first-order valence-corrected chi connectivity index (χ1v) is 7.49. The molecule has 1 unspecified atom stereocenters. The molecule has 1 fully saturated rings. The summed E-state index contributed by atoms with van der Waals surface area (Å²) in [6.45, 7) is 14.1. The maximum Gasteiger partial charge on any atom is 0.409 e. The van der Waals surface area contributed by atoms with E-state index >= 15 is 0 Å². The third-order valence-electron chi connectivity index (χ3n) is 4.21. The fraction of sp³-hybridized carbons (Fsp3) is 0.933. The summed E-state index contributed by atoms with van der Waals surface area (Å²) in [6, 6.07) is 0.537. The smallest absolute Gasteiger partial charge is 0.409 e. The van der Waals surface area contributed by atoms with Crippen molar-refractivity contribution in [3.8, 4) is 0 Å². The van der Waals surface area contributed by atoms with E-state index < -0.39 is 0 Å². The van der Waals surface area contributed by atoms with Gasteiger partial charge in [0.1, 0.15) is 0 Å². The highest BCUT2D eigenvalue weighted by Gasteiger charge is 2.25. The topological polar surface area (TPSA) is 41.6 Å². The standard InChI is InChI=1S/C15H30N2O2/c1-6-19-14(18)17-9-7-13(8-10-17)16-11-12(2)15(3,4)5/h12-13,16H,6-11H2,1-5H3. The summed E-state index contributed by atoms with van der Waals surface area (Å²) in [4.78, 5) is 13.4. The van der Waals surface area contributed by atoms with Crippen LogP contribution in [0.25, 0.3) is 0 Å². The highest BCUT2D eigenvalue weighted by Crippen LogP contribution is 2.24. The first-order chi connectivity index (χ1) is 8.84. The van der Waals surface area contributed by atoms with Crippen molar-refractivity contribution in [2.45, 2.75) is 53.5 Å². The van der Waals surface area contributed by atoms with Gasteiger partial charge in [0.05, 0.1) is 6.61 Å². The maximum atomic E-state index is 11.6. The van der Waals surface area contributed by atoms with Crippen LogP contribution < -0.4 is 5.32 Å². The lowest BCUT2D eigenvalue weighted by Gasteiger charge is -2.34. The van der Waals surface area contributed by atoms with Crippen molar-refractivity contribution in [3.05, 3.63) is 0 Å². The Balaban J connectivity index is 2.25. The number of piperidine rings is 1. The van der Waals surface area contributed by atoms with Gasteiger partial charge in [0, 0.05) is 19.1 Å². The van der Waals surface area contributed by atoms with Crippen LogP contribution in [0.4, 0.5) is 4.79 Å². The van der Waals surface area contributed by atoms with Crippen LogP contribution in [0.2, 0.25) is 0 Å². The quantitative estimate of drug-likeness (QED) is 0.854. The van der Waals surface area contributed by atoms with E-state index in [9.17, 15) is 4.79 Å². The molecule has 112 valence electrons. The van der Waals surface area contributed by atoms with Crippen molar-refractivity contribution in [2.75, 3.05) is 26.2 Å². The number of likely N-dealkylation sites (tertiary alicyclic amines) is 1. The molecule has 4 heteroatoms. The number of carbonyl (C=O) groups is 1. The molecule has 0 aliphatic carbocycles. The molecule has 0 bridgehead atoms. The number of hydrogen-bond acceptors (Lipinski definition) is 3. The molecule has 0 saturated carbocycles. The molecular formula is C15H30N2O2. The van der Waals surface area contributed by atoms with Crippen molar-refractivity contribution in [3.63, 3.8) is 0 Å². The zero-order valence-electron chi connectivity index (χ0n) is 13.2. The zero-order valence-corrected chi connectivity index (χ0v) is 13.2. The Kier molecular flexibility index (Phi) is 6.11. The molecule has 1 aliphatic heterocycles. The van der Waals surface area contributed by atoms with Crippen molar-refractivity contribution in [1.82, 2.24) is 10.2 Å². The predicted octanol–water partition coefficient (Wildman–Crippen LogP) is 2.88. The summed E-state index contributed by atoms with van der Waals surface area (Å²) in [7, 11) is 0. The van der Waals surface area contributed by atoms with Crippen LogP contribution in [0.15, 0.2) is 0 Å². The first-order valence-electron chi connectivity index (χ1n) is 7.49. The third-order valence-corrected chi connectivity index (χ3v) is 4.21. The van der Waals surface area contributed by atoms with Crippen LogP contribution in [0.1, 0.15) is 47.5 Å². The van der Waals surface area contributed by atoms with E-state index in [1.165, 1.54) is 0 Å². The lowest BCUT2D eigenvalue weighted by Crippen LogP contribution is -2.46. The van der Waals surface area contributed by atoms with E-state index in [1.54, 1.807) is 0 Å². The highest BCUT2D eigenvalue weighted by molar-refractivity contribution is 5.67. The van der Waals surface area contributed by atoms with Crippen LogP contribution in [0.5, 0.6) is 0 Å². The Hall–Kier alpha value is -0.770. The summed E-state index contributed by atoms with van der Waals surface area (Å²) in [6.07, 6.45) is 1.88. The molecule has 1 rings (SSSR count). The normalized spacial score (nSPS) is 19.3. The number of hydrogen-bond donors (Lipinski definition) is 1. The number of nitrogens with zero attached hydrogens (tertiary/aromatic N) is 1. The Labute approximate surface area is 117 Å². The van der Waals surface area contributed by atoms with Gasteiger partial charge in [-0.2, -0.15) is 0 Å². The molecule has 1 amide bonds. The van der Waals surface area contributed by atoms with Crippen molar-refractivity contribution < 1.29 is 9.53 Å². The van der Waals surface area contributed by atoms with Crippen LogP contribution in [0, 0.1) is 11.3 Å². The fourth-order valence-corrected chi connectivity index (χ4v) is 2.13. The molecule has 1 heterocycles. The van der Waals surface area contributed by atoms with Crippen LogP contribution in [-0.2, 0) is 4.74 Å². The second kappa shape index (κ2) is 7.13. The van der Waals surface area contributed by atoms with Gasteiger partial charge in [-0.3, -0.25) is 0 Å². The molecule has 0 aromatic rings. The molecule has 0 aromatic carbocycles. The first kappa shape index (κ1) is 16.3. The third kappa shape index (κ3) is 5.39. The van der Waals surface area contributed by atoms with Crippen LogP contribution >= 0.6 is 0 Å². The second-order valence-electron chi connectivity index (χ2n) is 6.64. The van der Waals surface area contributed by atoms with E-state index in [0.717, 1.165) is 32.5 Å². The van der Waals surface area contributed by atoms with Gasteiger partial charge in [-0.25, -0.2) is 4.79 Å². The van der Waals surface area contributed by atoms with Gasteiger partial charge in [-0.1, -0.05) is 27.7 Å². The van der Waals surface area contributed by atoms with Gasteiger partial charge in [-0.05, 0) is 37.6 Å². The largest absolute Gasteiger partial charge is 0.450 e. The minimum atomic E-state index is -0.163. The van der Waals surface area contributed by atoms with Crippen LogP contribution in [0.3, 0.4) is 0 Å². The molecular weight excluding hydrogens is 240 g/mol. The van der Waals surface area contributed by atoms with E-state index in [-0.39, 0.29) is 6.09 Å². The monoisotopic (exact) mass is 270 g/mol. The lowest BCUT2D eigenvalue weighted by molar-refractivity contribution is 0.0942. The number of amides is 1. The molecule has 0 radical (unpaired) electrons. The minimum absolute atomic E-state index is 0.163. The lowest BCUT2D eigenvalue weighted by atomic mass is 9.82. The fourth-order valence-electron chi connectivity index (χ4n) is 2.13. The van der Waals surface area contributed by atoms with Crippen molar-refractivity contribution >= 4 is 6.09 Å². The van der Waals surface area contributed by atoms with E-state index in [4.69, 9.17) is 4.74 Å². The second-order valence-corrected chi connectivity index (χ2v) is 6.64. The van der Waals surface area contributed by atoms with Crippen LogP contribution in [-0.4, -0.2) is 43.3 Å². The average Bonchev–Trinajstić information content (AvgIpc) is 2.35. The minimum Gasteiger partial charge on any atom is -0.450 e. The molecule has 1 atom stereocenters. The zero-order chi connectivity index (χ0) is 14.5. The van der Waals surface area contributed by atoms with E-state index in [0.29, 0.717) is 24.0 Å². The number of ether oxygens (including phenoxy) is 1. The van der Waals surface area contributed by atoms with Gasteiger partial charge in [0.25, 0.3) is 0 Å². The predicted molar refractivity (Wildman–Crippen MR) is 78.2 cm³/mol. The Morgan fingerprint density at radius 1 is 1.37 bits per heavy atom. The Morgan fingerprint density at radius 3 is 2.42 bits per heavy atom. The average molecular weight is 270 g/mol. The number of rotatable bonds is 4. The van der Waals surface area contributed by atoms with Gasteiger partial charge in [0.15, 0.2) is 0 Å². The summed E-state index contributed by atoms with van der Waals surface area (Å²) in [5, 5.41) is 3.64. The number of carbonyl (C=O) groups excluding carboxylic acids is 1. The number of nitrogens with one attached hydrogen (secondary N) is 1. The Bertz CT molecular complexity index is 278. The molecule has 1 N–H and O–H groups in total. The Morgan fingerprint density at radius 2 is 1.95 bits per heavy atom. The summed E-state index contributed by atoms with van der Waals surface area (Å²) >= 11 is 0. The van der Waals surface area contributed by atoms with Gasteiger partial charge in [-0.15, -0.1) is 0 Å². The molecule has 1 aliphatic rings. The molecule has 0 aromatic heterocycles. The van der Waals surface area contributed by atoms with E-state index in [2.05, 4.69) is 33.0 Å². The summed E-state index contributed by atoms with van der Waals surface area (Å²) in [5.41, 5.74) is 0.346. The molecule has 19 heavy (non-hydrogen) atoms. The van der Waals surface area contributed by atoms with E-state index in [1.807, 2.05) is 11.8 Å². The summed E-state index contributed by atoms with van der Waals surface area (Å²) < 4.78 is 5.03. The van der Waals surface area contributed by atoms with Gasteiger partial charge < -0.3 is 15.0 Å². The van der Waals surface area contributed by atoms with Crippen molar-refractivity contribution in [2.24, 2.45) is 11.3 Å². The molecule has 1 saturated heterocycles.